The minimum absolute atomic E-state index is 0. The van der Waals surface area contributed by atoms with Crippen molar-refractivity contribution in [2.75, 3.05) is 6.54 Å². The molecule has 3 nitrogen and oxygen atoms in total. The molecular weight excluding hydrogens is 154 g/mol. The van der Waals surface area contributed by atoms with Crippen LogP contribution in [0.5, 0.6) is 0 Å². The van der Waals surface area contributed by atoms with Gasteiger partial charge in [0.2, 0.25) is 0 Å². The van der Waals surface area contributed by atoms with E-state index in [4.69, 9.17) is 4.74 Å². The van der Waals surface area contributed by atoms with Crippen molar-refractivity contribution in [3.63, 3.8) is 0 Å². The fourth-order valence-corrected chi connectivity index (χ4v) is 0.785. The standard InChI is InChI=1S/C9H19NO2.H2/c1-7(2)10-6-5-9(11)12-8(3)4;/h7-8,10H,5-6H2,1-4H3;1H. The maximum Gasteiger partial charge on any atom is 0.307 e. The number of nitrogens with one attached hydrogen (secondary N) is 1. The summed E-state index contributed by atoms with van der Waals surface area (Å²) >= 11 is 0. The van der Waals surface area contributed by atoms with Crippen molar-refractivity contribution in [2.45, 2.75) is 46.3 Å². The summed E-state index contributed by atoms with van der Waals surface area (Å²) in [6.45, 7) is 8.51. The van der Waals surface area contributed by atoms with Crippen LogP contribution >= 0.6 is 0 Å². The van der Waals surface area contributed by atoms with Crippen LogP contribution in [0, 0.1) is 0 Å². The highest BCUT2D eigenvalue weighted by atomic mass is 16.5. The van der Waals surface area contributed by atoms with Crippen molar-refractivity contribution in [3.05, 3.63) is 0 Å². The Balaban J connectivity index is 0. The molecule has 0 aromatic carbocycles. The Morgan fingerprint density at radius 2 is 2.00 bits per heavy atom. The van der Waals surface area contributed by atoms with Gasteiger partial charge < -0.3 is 10.1 Å². The molecule has 0 aromatic rings. The van der Waals surface area contributed by atoms with Crippen LogP contribution in [-0.2, 0) is 9.53 Å². The Hall–Kier alpha value is -0.570. The van der Waals surface area contributed by atoms with Crippen LogP contribution in [0.3, 0.4) is 0 Å². The number of hydrogen-bond donors (Lipinski definition) is 1. The van der Waals surface area contributed by atoms with E-state index < -0.39 is 0 Å². The van der Waals surface area contributed by atoms with E-state index in [1.807, 2.05) is 27.7 Å². The second kappa shape index (κ2) is 6.00. The molecule has 3 heteroatoms. The molecule has 0 saturated heterocycles. The topological polar surface area (TPSA) is 38.3 Å². The van der Waals surface area contributed by atoms with E-state index in [9.17, 15) is 4.79 Å². The molecule has 74 valence electrons. The molecular formula is C9H21NO2. The smallest absolute Gasteiger partial charge is 0.307 e. The zero-order valence-electron chi connectivity index (χ0n) is 8.39. The van der Waals surface area contributed by atoms with Gasteiger partial charge in [0, 0.05) is 14.0 Å². The number of carbonyl (C=O) groups is 1. The zero-order valence-corrected chi connectivity index (χ0v) is 8.39. The van der Waals surface area contributed by atoms with Crippen LogP contribution in [0.2, 0.25) is 0 Å². The number of ether oxygens (including phenoxy) is 1. The van der Waals surface area contributed by atoms with Gasteiger partial charge in [-0.1, -0.05) is 13.8 Å². The molecule has 0 saturated carbocycles. The van der Waals surface area contributed by atoms with Crippen LogP contribution in [0.15, 0.2) is 0 Å². The third kappa shape index (κ3) is 7.54. The Labute approximate surface area is 76.0 Å². The van der Waals surface area contributed by atoms with E-state index in [1.165, 1.54) is 0 Å². The fraction of sp³-hybridized carbons (Fsp3) is 0.889. The minimum atomic E-state index is -0.127. The lowest BCUT2D eigenvalue weighted by molar-refractivity contribution is -0.147. The summed E-state index contributed by atoms with van der Waals surface area (Å²) in [4.78, 5) is 11.0. The average molecular weight is 175 g/mol. The normalized spacial score (nSPS) is 10.8. The van der Waals surface area contributed by atoms with Crippen LogP contribution in [0.4, 0.5) is 0 Å². The summed E-state index contributed by atoms with van der Waals surface area (Å²) in [5.41, 5.74) is 0. The fourth-order valence-electron chi connectivity index (χ4n) is 0.785. The highest BCUT2D eigenvalue weighted by molar-refractivity contribution is 5.69. The summed E-state index contributed by atoms with van der Waals surface area (Å²) in [6.07, 6.45) is 0.452. The van der Waals surface area contributed by atoms with E-state index in [2.05, 4.69) is 5.32 Å². The number of hydrogen-bond acceptors (Lipinski definition) is 3. The maximum atomic E-state index is 11.0. The molecule has 0 fully saturated rings. The van der Waals surface area contributed by atoms with Crippen molar-refractivity contribution in [1.82, 2.24) is 5.32 Å². The van der Waals surface area contributed by atoms with Crippen LogP contribution in [-0.4, -0.2) is 24.7 Å². The first kappa shape index (κ1) is 11.4. The van der Waals surface area contributed by atoms with Crippen molar-refractivity contribution < 1.29 is 11.0 Å². The van der Waals surface area contributed by atoms with Gasteiger partial charge in [-0.05, 0) is 13.8 Å². The molecule has 0 heterocycles. The largest absolute Gasteiger partial charge is 0.463 e. The number of rotatable bonds is 5. The molecule has 0 aliphatic heterocycles. The molecule has 0 bridgehead atoms. The molecule has 0 atom stereocenters. The first-order valence-electron chi connectivity index (χ1n) is 4.45. The van der Waals surface area contributed by atoms with Crippen LogP contribution in [0.1, 0.15) is 35.5 Å². The first-order valence-corrected chi connectivity index (χ1v) is 4.45. The average Bonchev–Trinajstić information content (AvgIpc) is 1.84. The second-order valence-corrected chi connectivity index (χ2v) is 3.40. The van der Waals surface area contributed by atoms with Gasteiger partial charge in [-0.2, -0.15) is 0 Å². The van der Waals surface area contributed by atoms with Gasteiger partial charge in [-0.3, -0.25) is 4.79 Å². The molecule has 0 rings (SSSR count). The zero-order chi connectivity index (χ0) is 9.56. The lowest BCUT2D eigenvalue weighted by Gasteiger charge is -2.09. The molecule has 0 amide bonds. The monoisotopic (exact) mass is 175 g/mol. The van der Waals surface area contributed by atoms with Crippen LogP contribution in [0.25, 0.3) is 0 Å². The summed E-state index contributed by atoms with van der Waals surface area (Å²) in [7, 11) is 0. The lowest BCUT2D eigenvalue weighted by atomic mass is 10.3. The molecule has 0 spiro atoms. The van der Waals surface area contributed by atoms with Crippen LogP contribution < -0.4 is 5.32 Å². The lowest BCUT2D eigenvalue weighted by Crippen LogP contribution is -2.26. The van der Waals surface area contributed by atoms with Crippen molar-refractivity contribution in [2.24, 2.45) is 0 Å². The Morgan fingerprint density at radius 3 is 2.42 bits per heavy atom. The van der Waals surface area contributed by atoms with Gasteiger partial charge in [-0.25, -0.2) is 0 Å². The van der Waals surface area contributed by atoms with E-state index in [0.29, 0.717) is 19.0 Å². The third-order valence-electron chi connectivity index (χ3n) is 1.25. The number of esters is 1. The predicted molar refractivity (Wildman–Crippen MR) is 51.1 cm³/mol. The quantitative estimate of drug-likeness (QED) is 0.645. The summed E-state index contributed by atoms with van der Waals surface area (Å²) in [6, 6.07) is 0.428. The highest BCUT2D eigenvalue weighted by Gasteiger charge is 2.04. The minimum Gasteiger partial charge on any atom is -0.463 e. The first-order chi connectivity index (χ1) is 5.52. The van der Waals surface area contributed by atoms with E-state index in [-0.39, 0.29) is 13.5 Å². The van der Waals surface area contributed by atoms with Crippen molar-refractivity contribution in [3.8, 4) is 0 Å². The molecule has 0 aromatic heterocycles. The third-order valence-corrected chi connectivity index (χ3v) is 1.25. The van der Waals surface area contributed by atoms with Gasteiger partial charge in [0.25, 0.3) is 0 Å². The predicted octanol–water partition coefficient (Wildman–Crippen LogP) is 1.57. The SMILES string of the molecule is CC(C)NCCC(=O)OC(C)C.[HH]. The number of carbonyl (C=O) groups excluding carboxylic acids is 1. The van der Waals surface area contributed by atoms with Gasteiger partial charge in [0.15, 0.2) is 0 Å². The maximum absolute atomic E-state index is 11.0. The summed E-state index contributed by atoms with van der Waals surface area (Å²) < 4.78 is 4.95. The summed E-state index contributed by atoms with van der Waals surface area (Å²) in [5, 5.41) is 3.15. The summed E-state index contributed by atoms with van der Waals surface area (Å²) in [5.74, 6) is -0.127. The van der Waals surface area contributed by atoms with Gasteiger partial charge in [0.05, 0.1) is 12.5 Å². The van der Waals surface area contributed by atoms with Crippen molar-refractivity contribution >= 4 is 5.97 Å². The molecule has 0 unspecified atom stereocenters. The van der Waals surface area contributed by atoms with Gasteiger partial charge in [0.1, 0.15) is 0 Å². The van der Waals surface area contributed by atoms with E-state index in [1.54, 1.807) is 0 Å². The van der Waals surface area contributed by atoms with E-state index in [0.717, 1.165) is 0 Å². The molecule has 0 aliphatic rings. The van der Waals surface area contributed by atoms with Gasteiger partial charge >= 0.3 is 5.97 Å². The second-order valence-electron chi connectivity index (χ2n) is 3.40. The molecule has 0 aliphatic carbocycles. The Morgan fingerprint density at radius 1 is 1.42 bits per heavy atom. The van der Waals surface area contributed by atoms with E-state index >= 15 is 0 Å². The van der Waals surface area contributed by atoms with Gasteiger partial charge in [-0.15, -0.1) is 0 Å². The van der Waals surface area contributed by atoms with Crippen molar-refractivity contribution in [1.29, 1.82) is 0 Å². The molecule has 0 radical (unpaired) electrons. The Bertz CT molecular complexity index is 138. The molecule has 1 N–H and O–H groups in total. The molecule has 12 heavy (non-hydrogen) atoms. The highest BCUT2D eigenvalue weighted by Crippen LogP contribution is 1.92. The Kier molecular flexibility index (Phi) is 5.72.